The van der Waals surface area contributed by atoms with Crippen molar-refractivity contribution in [2.75, 3.05) is 13.1 Å². The number of hydrogen-bond acceptors (Lipinski definition) is 3. The maximum absolute atomic E-state index is 12.3. The number of aromatic amines is 2. The molecule has 6 heteroatoms. The van der Waals surface area contributed by atoms with E-state index in [0.717, 1.165) is 31.6 Å². The molecule has 0 radical (unpaired) electrons. The molecule has 0 aromatic carbocycles. The van der Waals surface area contributed by atoms with E-state index in [2.05, 4.69) is 27.1 Å². The van der Waals surface area contributed by atoms with Gasteiger partial charge in [-0.25, -0.2) is 4.98 Å². The number of amides is 1. The second kappa shape index (κ2) is 5.11. The summed E-state index contributed by atoms with van der Waals surface area (Å²) in [6, 6.07) is 0. The predicted molar refractivity (Wildman–Crippen MR) is 74.5 cm³/mol. The van der Waals surface area contributed by atoms with Gasteiger partial charge in [-0.15, -0.1) is 0 Å². The molecule has 3 heterocycles. The molecule has 106 valence electrons. The Morgan fingerprint density at radius 3 is 2.60 bits per heavy atom. The highest BCUT2D eigenvalue weighted by Gasteiger charge is 2.27. The first kappa shape index (κ1) is 12.9. The van der Waals surface area contributed by atoms with Crippen LogP contribution in [0.25, 0.3) is 0 Å². The standard InChI is InChI=1S/C14H19N5O/c1-9-7-16-18-12(9)11-3-5-19(6-4-11)14(20)13-15-8-10(2)17-13/h7-8,11H,3-6H2,1-2H3,(H,15,17)(H,16,18). The second-order valence-corrected chi connectivity index (χ2v) is 5.45. The van der Waals surface area contributed by atoms with Gasteiger partial charge in [0.15, 0.2) is 5.82 Å². The fourth-order valence-electron chi connectivity index (χ4n) is 2.81. The SMILES string of the molecule is Cc1cnc(C(=O)N2CCC(c3[nH]ncc3C)CC2)[nH]1. The predicted octanol–water partition coefficient (Wildman–Crippen LogP) is 1.77. The Labute approximate surface area is 117 Å². The van der Waals surface area contributed by atoms with Gasteiger partial charge >= 0.3 is 0 Å². The van der Waals surface area contributed by atoms with Gasteiger partial charge in [-0.2, -0.15) is 5.10 Å². The first-order valence-corrected chi connectivity index (χ1v) is 6.96. The Balaban J connectivity index is 1.64. The van der Waals surface area contributed by atoms with Crippen molar-refractivity contribution in [2.24, 2.45) is 0 Å². The van der Waals surface area contributed by atoms with Crippen molar-refractivity contribution < 1.29 is 4.79 Å². The molecule has 0 atom stereocenters. The van der Waals surface area contributed by atoms with Crippen molar-refractivity contribution in [3.63, 3.8) is 0 Å². The monoisotopic (exact) mass is 273 g/mol. The Morgan fingerprint density at radius 2 is 2.05 bits per heavy atom. The number of piperidine rings is 1. The van der Waals surface area contributed by atoms with Gasteiger partial charge < -0.3 is 9.88 Å². The average molecular weight is 273 g/mol. The number of likely N-dealkylation sites (tertiary alicyclic amines) is 1. The normalized spacial score (nSPS) is 16.6. The van der Waals surface area contributed by atoms with E-state index in [-0.39, 0.29) is 5.91 Å². The van der Waals surface area contributed by atoms with Gasteiger partial charge in [-0.05, 0) is 32.3 Å². The molecule has 0 unspecified atom stereocenters. The van der Waals surface area contributed by atoms with Gasteiger partial charge in [-0.3, -0.25) is 9.89 Å². The highest BCUT2D eigenvalue weighted by atomic mass is 16.2. The summed E-state index contributed by atoms with van der Waals surface area (Å²) >= 11 is 0. The zero-order chi connectivity index (χ0) is 14.1. The largest absolute Gasteiger partial charge is 0.338 e. The smallest absolute Gasteiger partial charge is 0.289 e. The quantitative estimate of drug-likeness (QED) is 0.875. The summed E-state index contributed by atoms with van der Waals surface area (Å²) in [5.74, 6) is 0.913. The van der Waals surface area contributed by atoms with Crippen LogP contribution in [0, 0.1) is 13.8 Å². The fraction of sp³-hybridized carbons (Fsp3) is 0.500. The molecule has 0 bridgehead atoms. The van der Waals surface area contributed by atoms with Crippen LogP contribution in [0.3, 0.4) is 0 Å². The molecule has 6 nitrogen and oxygen atoms in total. The highest BCUT2D eigenvalue weighted by molar-refractivity contribution is 5.90. The topological polar surface area (TPSA) is 77.7 Å². The third-order valence-corrected chi connectivity index (χ3v) is 3.96. The Bertz CT molecular complexity index is 607. The summed E-state index contributed by atoms with van der Waals surface area (Å²) in [7, 11) is 0. The molecule has 2 aromatic rings. The van der Waals surface area contributed by atoms with Crippen LogP contribution in [0.5, 0.6) is 0 Å². The van der Waals surface area contributed by atoms with Crippen LogP contribution in [-0.2, 0) is 0 Å². The molecule has 0 spiro atoms. The number of imidazole rings is 1. The van der Waals surface area contributed by atoms with Gasteiger partial charge in [0.1, 0.15) is 0 Å². The van der Waals surface area contributed by atoms with E-state index in [4.69, 9.17) is 0 Å². The molecule has 2 N–H and O–H groups in total. The van der Waals surface area contributed by atoms with Crippen LogP contribution in [0.4, 0.5) is 0 Å². The minimum Gasteiger partial charge on any atom is -0.338 e. The number of nitrogens with one attached hydrogen (secondary N) is 2. The lowest BCUT2D eigenvalue weighted by Crippen LogP contribution is -2.38. The van der Waals surface area contributed by atoms with Crippen molar-refractivity contribution in [2.45, 2.75) is 32.6 Å². The van der Waals surface area contributed by atoms with Crippen molar-refractivity contribution in [1.29, 1.82) is 0 Å². The molecule has 20 heavy (non-hydrogen) atoms. The maximum Gasteiger partial charge on any atom is 0.289 e. The fourth-order valence-corrected chi connectivity index (χ4v) is 2.81. The summed E-state index contributed by atoms with van der Waals surface area (Å²) < 4.78 is 0. The summed E-state index contributed by atoms with van der Waals surface area (Å²) in [6.45, 7) is 5.50. The summed E-state index contributed by atoms with van der Waals surface area (Å²) in [4.78, 5) is 21.3. The molecule has 1 aliphatic rings. The molecule has 0 aliphatic carbocycles. The molecule has 2 aromatic heterocycles. The Morgan fingerprint density at radius 1 is 1.30 bits per heavy atom. The van der Waals surface area contributed by atoms with Crippen LogP contribution >= 0.6 is 0 Å². The van der Waals surface area contributed by atoms with E-state index >= 15 is 0 Å². The lowest BCUT2D eigenvalue weighted by Gasteiger charge is -2.31. The van der Waals surface area contributed by atoms with Crippen LogP contribution in [-0.4, -0.2) is 44.1 Å². The van der Waals surface area contributed by atoms with Crippen molar-refractivity contribution >= 4 is 5.91 Å². The van der Waals surface area contributed by atoms with Crippen LogP contribution in [0.2, 0.25) is 0 Å². The number of H-pyrrole nitrogens is 2. The summed E-state index contributed by atoms with van der Waals surface area (Å²) in [5.41, 5.74) is 3.33. The van der Waals surface area contributed by atoms with Crippen LogP contribution in [0.15, 0.2) is 12.4 Å². The van der Waals surface area contributed by atoms with Crippen LogP contribution < -0.4 is 0 Å². The van der Waals surface area contributed by atoms with Crippen LogP contribution in [0.1, 0.15) is 46.3 Å². The number of carbonyl (C=O) groups excluding carboxylic acids is 1. The zero-order valence-corrected chi connectivity index (χ0v) is 11.8. The average Bonchev–Trinajstić information content (AvgIpc) is 3.07. The second-order valence-electron chi connectivity index (χ2n) is 5.45. The highest BCUT2D eigenvalue weighted by Crippen LogP contribution is 2.28. The number of aromatic nitrogens is 4. The number of hydrogen-bond donors (Lipinski definition) is 2. The van der Waals surface area contributed by atoms with Crippen molar-refractivity contribution in [1.82, 2.24) is 25.1 Å². The maximum atomic E-state index is 12.3. The van der Waals surface area contributed by atoms with E-state index in [1.54, 1.807) is 6.20 Å². The number of carbonyl (C=O) groups is 1. The van der Waals surface area contributed by atoms with Crippen molar-refractivity contribution in [3.05, 3.63) is 35.2 Å². The van der Waals surface area contributed by atoms with E-state index in [1.165, 1.54) is 11.3 Å². The first-order valence-electron chi connectivity index (χ1n) is 6.96. The van der Waals surface area contributed by atoms with Gasteiger partial charge in [-0.1, -0.05) is 0 Å². The lowest BCUT2D eigenvalue weighted by atomic mass is 9.91. The molecule has 0 saturated carbocycles. The summed E-state index contributed by atoms with van der Waals surface area (Å²) in [6.07, 6.45) is 5.48. The van der Waals surface area contributed by atoms with Gasteiger partial charge in [0.05, 0.1) is 6.20 Å². The molecule has 1 fully saturated rings. The lowest BCUT2D eigenvalue weighted by molar-refractivity contribution is 0.0700. The minimum atomic E-state index is -0.00196. The number of aryl methyl sites for hydroxylation is 2. The van der Waals surface area contributed by atoms with E-state index < -0.39 is 0 Å². The molecular formula is C14H19N5O. The minimum absolute atomic E-state index is 0.00196. The molecule has 1 amide bonds. The van der Waals surface area contributed by atoms with E-state index in [0.29, 0.717) is 11.7 Å². The number of rotatable bonds is 2. The molecule has 1 aliphatic heterocycles. The van der Waals surface area contributed by atoms with Gasteiger partial charge in [0, 0.05) is 36.6 Å². The third-order valence-electron chi connectivity index (χ3n) is 3.96. The molecule has 3 rings (SSSR count). The Kier molecular flexibility index (Phi) is 3.30. The Hall–Kier alpha value is -2.11. The van der Waals surface area contributed by atoms with Gasteiger partial charge in [0.2, 0.25) is 0 Å². The van der Waals surface area contributed by atoms with E-state index in [9.17, 15) is 4.79 Å². The third kappa shape index (κ3) is 2.33. The van der Waals surface area contributed by atoms with Crippen molar-refractivity contribution in [3.8, 4) is 0 Å². The summed E-state index contributed by atoms with van der Waals surface area (Å²) in [5, 5.41) is 7.16. The van der Waals surface area contributed by atoms with Gasteiger partial charge in [0.25, 0.3) is 5.91 Å². The molecular weight excluding hydrogens is 254 g/mol. The molecule has 1 saturated heterocycles. The first-order chi connectivity index (χ1) is 9.65. The zero-order valence-electron chi connectivity index (χ0n) is 11.8. The van der Waals surface area contributed by atoms with E-state index in [1.807, 2.05) is 18.0 Å². The number of nitrogens with zero attached hydrogens (tertiary/aromatic N) is 3.